The third kappa shape index (κ3) is 3.47. The molecule has 1 saturated heterocycles. The van der Waals surface area contributed by atoms with Crippen molar-refractivity contribution in [1.82, 2.24) is 24.4 Å². The molecule has 0 spiro atoms. The maximum atomic E-state index is 13.1. The molecule has 4 rings (SSSR count). The molecule has 2 aliphatic rings. The molecule has 2 amide bonds. The van der Waals surface area contributed by atoms with E-state index in [1.807, 2.05) is 17.9 Å². The topological polar surface area (TPSA) is 90.8 Å². The molecule has 2 aromatic rings. The van der Waals surface area contributed by atoms with Gasteiger partial charge in [-0.05, 0) is 31.8 Å². The first-order valence-electron chi connectivity index (χ1n) is 10.4. The standard InChI is InChI=1S/C21H27N5O3/c1-3-7-20(28)25-10-6-5-8-17(25)16-12-18-22-15-9-11-24(19(27)4-2)13-14(15)21(29)26(18)23-16/h4,12,17,23H,2-3,5-11,13H2,1H3. The first-order valence-corrected chi connectivity index (χ1v) is 10.4. The van der Waals surface area contributed by atoms with Crippen molar-refractivity contribution in [3.8, 4) is 0 Å². The maximum absolute atomic E-state index is 13.1. The van der Waals surface area contributed by atoms with Crippen molar-refractivity contribution in [3.05, 3.63) is 46.0 Å². The largest absolute Gasteiger partial charge is 0.334 e. The summed E-state index contributed by atoms with van der Waals surface area (Å²) in [6.07, 6.45) is 6.11. The summed E-state index contributed by atoms with van der Waals surface area (Å²) < 4.78 is 1.45. The first-order chi connectivity index (χ1) is 14.0. The fourth-order valence-corrected chi connectivity index (χ4v) is 4.40. The number of piperidine rings is 1. The second-order valence-corrected chi connectivity index (χ2v) is 7.81. The number of nitrogens with zero attached hydrogens (tertiary/aromatic N) is 4. The van der Waals surface area contributed by atoms with Crippen LogP contribution in [0.5, 0.6) is 0 Å². The van der Waals surface area contributed by atoms with Gasteiger partial charge in [0.05, 0.1) is 29.5 Å². The highest BCUT2D eigenvalue weighted by molar-refractivity contribution is 5.87. The van der Waals surface area contributed by atoms with Crippen LogP contribution >= 0.6 is 0 Å². The molecule has 0 saturated carbocycles. The van der Waals surface area contributed by atoms with Crippen molar-refractivity contribution in [2.45, 2.75) is 58.0 Å². The minimum absolute atomic E-state index is 0.0558. The van der Waals surface area contributed by atoms with Gasteiger partial charge in [-0.1, -0.05) is 13.5 Å². The average molecular weight is 397 g/mol. The highest BCUT2D eigenvalue weighted by Crippen LogP contribution is 2.31. The van der Waals surface area contributed by atoms with Crippen molar-refractivity contribution in [2.75, 3.05) is 13.1 Å². The van der Waals surface area contributed by atoms with Gasteiger partial charge >= 0.3 is 0 Å². The van der Waals surface area contributed by atoms with Crippen molar-refractivity contribution < 1.29 is 9.59 Å². The molecule has 1 atom stereocenters. The Bertz CT molecular complexity index is 1020. The van der Waals surface area contributed by atoms with Gasteiger partial charge in [-0.3, -0.25) is 19.5 Å². The molecule has 0 aromatic carbocycles. The van der Waals surface area contributed by atoms with E-state index in [1.54, 1.807) is 4.90 Å². The zero-order chi connectivity index (χ0) is 20.5. The molecular formula is C21H27N5O3. The van der Waals surface area contributed by atoms with Crippen molar-refractivity contribution in [1.29, 1.82) is 0 Å². The Morgan fingerprint density at radius 2 is 2.17 bits per heavy atom. The van der Waals surface area contributed by atoms with Crippen LogP contribution in [-0.4, -0.2) is 49.3 Å². The van der Waals surface area contributed by atoms with Gasteiger partial charge in [-0.25, -0.2) is 9.50 Å². The van der Waals surface area contributed by atoms with E-state index < -0.39 is 0 Å². The van der Waals surface area contributed by atoms with Gasteiger partial charge in [0.1, 0.15) is 0 Å². The van der Waals surface area contributed by atoms with E-state index in [0.29, 0.717) is 30.6 Å². The Labute approximate surface area is 169 Å². The number of carbonyl (C=O) groups excluding carboxylic acids is 2. The normalized spacial score (nSPS) is 19.3. The molecule has 0 radical (unpaired) electrons. The van der Waals surface area contributed by atoms with Gasteiger partial charge < -0.3 is 9.80 Å². The van der Waals surface area contributed by atoms with Crippen molar-refractivity contribution in [2.24, 2.45) is 0 Å². The molecule has 154 valence electrons. The average Bonchev–Trinajstić information content (AvgIpc) is 3.17. The number of nitrogens with one attached hydrogen (secondary N) is 1. The van der Waals surface area contributed by atoms with Crippen LogP contribution in [-0.2, 0) is 22.6 Å². The summed E-state index contributed by atoms with van der Waals surface area (Å²) in [5, 5.41) is 3.19. The number of H-pyrrole nitrogens is 1. The molecule has 2 aromatic heterocycles. The molecule has 29 heavy (non-hydrogen) atoms. The van der Waals surface area contributed by atoms with Crippen LogP contribution in [0.2, 0.25) is 0 Å². The smallest absolute Gasteiger partial charge is 0.277 e. The Morgan fingerprint density at radius 1 is 1.34 bits per heavy atom. The predicted molar refractivity (Wildman–Crippen MR) is 108 cm³/mol. The Morgan fingerprint density at radius 3 is 2.93 bits per heavy atom. The molecule has 0 bridgehead atoms. The van der Waals surface area contributed by atoms with Gasteiger partial charge in [-0.15, -0.1) is 0 Å². The Balaban J connectivity index is 1.70. The van der Waals surface area contributed by atoms with E-state index in [2.05, 4.69) is 16.7 Å². The molecule has 1 fully saturated rings. The van der Waals surface area contributed by atoms with E-state index in [4.69, 9.17) is 0 Å². The lowest BCUT2D eigenvalue weighted by atomic mass is 9.98. The molecule has 2 aliphatic heterocycles. The summed E-state index contributed by atoms with van der Waals surface area (Å²) in [5.41, 5.74) is 2.53. The van der Waals surface area contributed by atoms with Crippen LogP contribution in [0.1, 0.15) is 62.0 Å². The van der Waals surface area contributed by atoms with E-state index in [-0.39, 0.29) is 30.0 Å². The summed E-state index contributed by atoms with van der Waals surface area (Å²) >= 11 is 0. The molecule has 1 unspecified atom stereocenters. The number of fused-ring (bicyclic) bond motifs is 2. The lowest BCUT2D eigenvalue weighted by Gasteiger charge is -2.35. The monoisotopic (exact) mass is 397 g/mol. The van der Waals surface area contributed by atoms with E-state index in [0.717, 1.165) is 43.6 Å². The minimum Gasteiger partial charge on any atom is -0.334 e. The molecular weight excluding hydrogens is 370 g/mol. The molecule has 1 N–H and O–H groups in total. The lowest BCUT2D eigenvalue weighted by molar-refractivity contribution is -0.135. The molecule has 8 nitrogen and oxygen atoms in total. The van der Waals surface area contributed by atoms with Gasteiger partial charge in [0.25, 0.3) is 5.56 Å². The third-order valence-electron chi connectivity index (χ3n) is 5.91. The Hall–Kier alpha value is -2.90. The number of aromatic nitrogens is 3. The minimum atomic E-state index is -0.181. The van der Waals surface area contributed by atoms with Gasteiger partial charge in [0.15, 0.2) is 5.65 Å². The second kappa shape index (κ2) is 7.85. The van der Waals surface area contributed by atoms with Crippen LogP contribution in [0.4, 0.5) is 0 Å². The van der Waals surface area contributed by atoms with Gasteiger partial charge in [-0.2, -0.15) is 0 Å². The SMILES string of the molecule is C=CC(=O)N1CCc2nc3cc(C4CCCCN4C(=O)CCC)[nH]n3c(=O)c2C1. The van der Waals surface area contributed by atoms with Crippen LogP contribution in [0.3, 0.4) is 0 Å². The number of amides is 2. The third-order valence-corrected chi connectivity index (χ3v) is 5.91. The number of likely N-dealkylation sites (tertiary alicyclic amines) is 1. The Kier molecular flexibility index (Phi) is 5.25. The fraction of sp³-hybridized carbons (Fsp3) is 0.524. The number of hydrogen-bond acceptors (Lipinski definition) is 4. The summed E-state index contributed by atoms with van der Waals surface area (Å²) in [7, 11) is 0. The summed E-state index contributed by atoms with van der Waals surface area (Å²) in [6, 6.07) is 1.84. The van der Waals surface area contributed by atoms with Crippen LogP contribution in [0.25, 0.3) is 5.65 Å². The molecule has 0 aliphatic carbocycles. The summed E-state index contributed by atoms with van der Waals surface area (Å²) in [5.74, 6) is -0.0198. The number of rotatable bonds is 4. The molecule has 8 heteroatoms. The lowest BCUT2D eigenvalue weighted by Crippen LogP contribution is -2.39. The fourth-order valence-electron chi connectivity index (χ4n) is 4.40. The number of aromatic amines is 1. The predicted octanol–water partition coefficient (Wildman–Crippen LogP) is 1.95. The van der Waals surface area contributed by atoms with Gasteiger partial charge in [0.2, 0.25) is 11.8 Å². The van der Waals surface area contributed by atoms with Crippen LogP contribution in [0, 0.1) is 0 Å². The quantitative estimate of drug-likeness (QED) is 0.799. The molecule has 4 heterocycles. The summed E-state index contributed by atoms with van der Waals surface area (Å²) in [4.78, 5) is 45.9. The van der Waals surface area contributed by atoms with Crippen LogP contribution < -0.4 is 5.56 Å². The second-order valence-electron chi connectivity index (χ2n) is 7.81. The van der Waals surface area contributed by atoms with Crippen molar-refractivity contribution in [3.63, 3.8) is 0 Å². The van der Waals surface area contributed by atoms with E-state index >= 15 is 0 Å². The van der Waals surface area contributed by atoms with Crippen LogP contribution in [0.15, 0.2) is 23.5 Å². The van der Waals surface area contributed by atoms with Gasteiger partial charge in [0, 0.05) is 32.0 Å². The van der Waals surface area contributed by atoms with E-state index in [1.165, 1.54) is 10.6 Å². The number of carbonyl (C=O) groups is 2. The number of hydrogen-bond donors (Lipinski definition) is 1. The zero-order valence-electron chi connectivity index (χ0n) is 16.8. The summed E-state index contributed by atoms with van der Waals surface area (Å²) in [6.45, 7) is 7.05. The van der Waals surface area contributed by atoms with E-state index in [9.17, 15) is 14.4 Å². The zero-order valence-corrected chi connectivity index (χ0v) is 16.8. The first kappa shape index (κ1) is 19.4. The highest BCUT2D eigenvalue weighted by atomic mass is 16.2. The van der Waals surface area contributed by atoms with Crippen molar-refractivity contribution >= 4 is 17.5 Å². The highest BCUT2D eigenvalue weighted by Gasteiger charge is 2.30. The maximum Gasteiger partial charge on any atom is 0.277 e.